The van der Waals surface area contributed by atoms with E-state index < -0.39 is 5.60 Å². The fourth-order valence-corrected chi connectivity index (χ4v) is 4.06. The van der Waals surface area contributed by atoms with Crippen LogP contribution < -0.4 is 9.47 Å². The van der Waals surface area contributed by atoms with E-state index in [0.29, 0.717) is 36.4 Å². The summed E-state index contributed by atoms with van der Waals surface area (Å²) in [7, 11) is 3.56. The third-order valence-corrected chi connectivity index (χ3v) is 5.52. The van der Waals surface area contributed by atoms with Gasteiger partial charge in [0.15, 0.2) is 5.82 Å². The molecule has 0 unspecified atom stereocenters. The van der Waals surface area contributed by atoms with E-state index in [0.717, 1.165) is 29.4 Å². The lowest BCUT2D eigenvalue weighted by Crippen LogP contribution is -2.42. The number of benzene rings is 1. The van der Waals surface area contributed by atoms with Crippen molar-refractivity contribution in [2.45, 2.75) is 52.2 Å². The van der Waals surface area contributed by atoms with Crippen molar-refractivity contribution in [2.75, 3.05) is 20.3 Å². The number of carbonyl (C=O) groups excluding carboxylic acids is 1. The van der Waals surface area contributed by atoms with Crippen LogP contribution in [0.3, 0.4) is 0 Å². The van der Waals surface area contributed by atoms with Gasteiger partial charge in [-0.3, -0.25) is 0 Å². The van der Waals surface area contributed by atoms with Crippen LogP contribution in [0, 0.1) is 6.92 Å². The Morgan fingerprint density at radius 3 is 2.69 bits per heavy atom. The van der Waals surface area contributed by atoms with Crippen LogP contribution in [0.25, 0.3) is 22.5 Å². The van der Waals surface area contributed by atoms with Crippen LogP contribution in [0.15, 0.2) is 22.7 Å². The highest BCUT2D eigenvalue weighted by atomic mass is 16.6. The quantitative estimate of drug-likeness (QED) is 0.581. The lowest BCUT2D eigenvalue weighted by molar-refractivity contribution is 0.0188. The van der Waals surface area contributed by atoms with Gasteiger partial charge in [-0.2, -0.15) is 4.98 Å². The summed E-state index contributed by atoms with van der Waals surface area (Å²) in [6.07, 6.45) is 1.51. The Balaban J connectivity index is 1.60. The average molecular weight is 443 g/mol. The lowest BCUT2D eigenvalue weighted by atomic mass is 10.2. The van der Waals surface area contributed by atoms with Gasteiger partial charge < -0.3 is 28.2 Å². The first-order valence-electron chi connectivity index (χ1n) is 10.8. The first-order chi connectivity index (χ1) is 15.2. The first kappa shape index (κ1) is 22.0. The van der Waals surface area contributed by atoms with Crippen molar-refractivity contribution in [1.29, 1.82) is 0 Å². The SMILES string of the molecule is COc1ccc(OC[C@@H]2CCCN2C(=O)OC(C)(C)C)c2cc(-c3nc(C)no3)n(C)c12. The zero-order valence-corrected chi connectivity index (χ0v) is 19.5. The maximum Gasteiger partial charge on any atom is 0.410 e. The minimum Gasteiger partial charge on any atom is -0.495 e. The van der Waals surface area contributed by atoms with Gasteiger partial charge in [-0.1, -0.05) is 5.16 Å². The molecule has 1 fully saturated rings. The fraction of sp³-hybridized carbons (Fsp3) is 0.522. The number of likely N-dealkylation sites (tertiary alicyclic amines) is 1. The van der Waals surface area contributed by atoms with Crippen molar-refractivity contribution in [3.63, 3.8) is 0 Å². The summed E-state index contributed by atoms with van der Waals surface area (Å²) >= 11 is 0. The summed E-state index contributed by atoms with van der Waals surface area (Å²) in [6, 6.07) is 5.68. The van der Waals surface area contributed by atoms with Crippen molar-refractivity contribution in [1.82, 2.24) is 19.6 Å². The number of ether oxygens (including phenoxy) is 3. The predicted octanol–water partition coefficient (Wildman–Crippen LogP) is 4.32. The molecule has 3 heterocycles. The highest BCUT2D eigenvalue weighted by molar-refractivity contribution is 5.95. The molecule has 9 heteroatoms. The van der Waals surface area contributed by atoms with Crippen LogP contribution in [0.2, 0.25) is 0 Å². The maximum atomic E-state index is 12.6. The normalized spacial score (nSPS) is 16.6. The van der Waals surface area contributed by atoms with Crippen LogP contribution in [0.4, 0.5) is 4.79 Å². The molecule has 0 radical (unpaired) electrons. The van der Waals surface area contributed by atoms with E-state index >= 15 is 0 Å². The van der Waals surface area contributed by atoms with Crippen molar-refractivity contribution < 1.29 is 23.5 Å². The number of hydrogen-bond acceptors (Lipinski definition) is 7. The fourth-order valence-electron chi connectivity index (χ4n) is 4.06. The second-order valence-electron chi connectivity index (χ2n) is 9.04. The first-order valence-corrected chi connectivity index (χ1v) is 10.8. The molecule has 172 valence electrons. The van der Waals surface area contributed by atoms with Gasteiger partial charge in [-0.25, -0.2) is 4.79 Å². The number of methoxy groups -OCH3 is 1. The monoisotopic (exact) mass is 442 g/mol. The van der Waals surface area contributed by atoms with E-state index in [1.165, 1.54) is 0 Å². The summed E-state index contributed by atoms with van der Waals surface area (Å²) in [6.45, 7) is 8.45. The van der Waals surface area contributed by atoms with E-state index in [-0.39, 0.29) is 12.1 Å². The van der Waals surface area contributed by atoms with Crippen molar-refractivity contribution >= 4 is 17.0 Å². The molecule has 1 atom stereocenters. The molecule has 1 aromatic carbocycles. The minimum atomic E-state index is -0.527. The van der Waals surface area contributed by atoms with Crippen molar-refractivity contribution in [3.05, 3.63) is 24.0 Å². The third kappa shape index (κ3) is 4.24. The molecular formula is C23H30N4O5. The molecular weight excluding hydrogens is 412 g/mol. The topological polar surface area (TPSA) is 91.8 Å². The molecule has 0 spiro atoms. The molecule has 0 saturated carbocycles. The minimum absolute atomic E-state index is 0.0382. The number of aryl methyl sites for hydroxylation is 2. The number of hydrogen-bond donors (Lipinski definition) is 0. The van der Waals surface area contributed by atoms with Crippen LogP contribution >= 0.6 is 0 Å². The van der Waals surface area contributed by atoms with Gasteiger partial charge in [-0.15, -0.1) is 0 Å². The van der Waals surface area contributed by atoms with Gasteiger partial charge in [0.1, 0.15) is 29.4 Å². The Morgan fingerprint density at radius 2 is 2.03 bits per heavy atom. The zero-order valence-electron chi connectivity index (χ0n) is 19.5. The van der Waals surface area contributed by atoms with E-state index in [2.05, 4.69) is 10.1 Å². The number of rotatable bonds is 5. The van der Waals surface area contributed by atoms with Gasteiger partial charge in [0.2, 0.25) is 0 Å². The molecule has 0 N–H and O–H groups in total. The Morgan fingerprint density at radius 1 is 1.28 bits per heavy atom. The van der Waals surface area contributed by atoms with Gasteiger partial charge in [0.25, 0.3) is 5.89 Å². The van der Waals surface area contributed by atoms with Crippen LogP contribution in [0.1, 0.15) is 39.4 Å². The second kappa shape index (κ2) is 8.37. The molecule has 1 saturated heterocycles. The zero-order chi connectivity index (χ0) is 23.0. The summed E-state index contributed by atoms with van der Waals surface area (Å²) in [5.41, 5.74) is 1.11. The van der Waals surface area contributed by atoms with E-state index in [1.54, 1.807) is 18.9 Å². The molecule has 0 aliphatic carbocycles. The van der Waals surface area contributed by atoms with Crippen molar-refractivity contribution in [3.8, 4) is 23.1 Å². The maximum absolute atomic E-state index is 12.6. The average Bonchev–Trinajstić information content (AvgIpc) is 3.44. The number of nitrogens with zero attached hydrogens (tertiary/aromatic N) is 4. The summed E-state index contributed by atoms with van der Waals surface area (Å²) in [5, 5.41) is 4.77. The highest BCUT2D eigenvalue weighted by Gasteiger charge is 2.33. The molecule has 4 rings (SSSR count). The summed E-state index contributed by atoms with van der Waals surface area (Å²) < 4.78 is 24.7. The standard InChI is InChI=1S/C23H30N4O5/c1-14-24-21(32-25-14)17-12-16-18(9-10-19(29-6)20(16)26(17)5)30-13-15-8-7-11-27(15)22(28)31-23(2,3)4/h9-10,12,15H,7-8,11,13H2,1-6H3/t15-/m0/s1. The highest BCUT2D eigenvalue weighted by Crippen LogP contribution is 2.38. The Kier molecular flexibility index (Phi) is 5.75. The second-order valence-corrected chi connectivity index (χ2v) is 9.04. The van der Waals surface area contributed by atoms with Gasteiger partial charge in [-0.05, 0) is 58.7 Å². The molecule has 32 heavy (non-hydrogen) atoms. The van der Waals surface area contributed by atoms with Crippen molar-refractivity contribution in [2.24, 2.45) is 7.05 Å². The summed E-state index contributed by atoms with van der Waals surface area (Å²) in [4.78, 5) is 18.7. The van der Waals surface area contributed by atoms with Crippen LogP contribution in [0.5, 0.6) is 11.5 Å². The molecule has 0 bridgehead atoms. The van der Waals surface area contributed by atoms with E-state index in [1.807, 2.05) is 50.6 Å². The molecule has 2 aromatic heterocycles. The van der Waals surface area contributed by atoms with Gasteiger partial charge in [0, 0.05) is 19.0 Å². The number of amides is 1. The molecule has 9 nitrogen and oxygen atoms in total. The number of carbonyl (C=O) groups is 1. The predicted molar refractivity (Wildman–Crippen MR) is 119 cm³/mol. The third-order valence-electron chi connectivity index (χ3n) is 5.52. The van der Waals surface area contributed by atoms with E-state index in [9.17, 15) is 4.79 Å². The largest absolute Gasteiger partial charge is 0.495 e. The molecule has 1 aliphatic heterocycles. The molecule has 3 aromatic rings. The summed E-state index contributed by atoms with van der Waals surface area (Å²) in [5.74, 6) is 2.42. The smallest absolute Gasteiger partial charge is 0.410 e. The number of fused-ring (bicyclic) bond motifs is 1. The molecule has 1 amide bonds. The van der Waals surface area contributed by atoms with Gasteiger partial charge >= 0.3 is 6.09 Å². The van der Waals surface area contributed by atoms with E-state index in [4.69, 9.17) is 18.7 Å². The Hall–Kier alpha value is -3.23. The Labute approximate surface area is 187 Å². The Bertz CT molecular complexity index is 1130. The van der Waals surface area contributed by atoms with Crippen LogP contribution in [-0.2, 0) is 11.8 Å². The lowest BCUT2D eigenvalue weighted by Gasteiger charge is -2.28. The van der Waals surface area contributed by atoms with Crippen LogP contribution in [-0.4, -0.2) is 57.6 Å². The molecule has 1 aliphatic rings. The van der Waals surface area contributed by atoms with Gasteiger partial charge in [0.05, 0.1) is 18.7 Å². The number of aromatic nitrogens is 3.